The second-order valence-corrected chi connectivity index (χ2v) is 20.1. The average molecular weight is 963 g/mol. The van der Waals surface area contributed by atoms with E-state index in [0.29, 0.717) is 0 Å². The van der Waals surface area contributed by atoms with Gasteiger partial charge in [-0.15, -0.1) is 94.3 Å². The van der Waals surface area contributed by atoms with Crippen molar-refractivity contribution in [1.82, 2.24) is 0 Å². The second kappa shape index (κ2) is 24.2. The quantitative estimate of drug-likeness (QED) is 0.0808. The fraction of sp³-hybridized carbons (Fsp3) is 0.192. The van der Waals surface area contributed by atoms with Crippen LogP contribution >= 0.6 is 42.3 Å². The fourth-order valence-electron chi connectivity index (χ4n) is 7.19. The first kappa shape index (κ1) is 47.6. The van der Waals surface area contributed by atoms with Crippen LogP contribution in [0.4, 0.5) is 0 Å². The van der Waals surface area contributed by atoms with Crippen LogP contribution in [0, 0.1) is 0 Å². The molecule has 0 aliphatic heterocycles. The van der Waals surface area contributed by atoms with E-state index in [-0.39, 0.29) is 0 Å². The fourth-order valence-corrected chi connectivity index (χ4v) is 7.75. The van der Waals surface area contributed by atoms with E-state index in [1.807, 2.05) is 24.3 Å². The zero-order valence-corrected chi connectivity index (χ0v) is 41.9. The molecule has 60 heavy (non-hydrogen) atoms. The van der Waals surface area contributed by atoms with Crippen LogP contribution in [0.3, 0.4) is 0 Å². The molecule has 0 aliphatic carbocycles. The number of methoxy groups -OCH3 is 2. The van der Waals surface area contributed by atoms with E-state index in [2.05, 4.69) is 174 Å². The summed E-state index contributed by atoms with van der Waals surface area (Å²) in [6.45, 7) is 8.72. The van der Waals surface area contributed by atoms with Crippen LogP contribution < -0.4 is 9.47 Å². The normalized spacial score (nSPS) is 10.4. The van der Waals surface area contributed by atoms with E-state index in [1.165, 1.54) is 77.2 Å². The Bertz CT molecular complexity index is 2380. The summed E-state index contributed by atoms with van der Waals surface area (Å²) in [5.41, 5.74) is 12.9. The van der Waals surface area contributed by atoms with Crippen LogP contribution in [0.25, 0.3) is 43.8 Å². The number of thiol groups is 2. The molecule has 0 unspecified atom stereocenters. The number of ether oxygens (including phenoxy) is 2. The van der Waals surface area contributed by atoms with Gasteiger partial charge in [0, 0.05) is 19.3 Å². The Labute approximate surface area is 389 Å². The van der Waals surface area contributed by atoms with Crippen molar-refractivity contribution < 1.29 is 30.3 Å². The molecule has 0 saturated carbocycles. The second-order valence-electron chi connectivity index (χ2n) is 14.4. The minimum absolute atomic E-state index is 0.826. The van der Waals surface area contributed by atoms with Gasteiger partial charge in [-0.3, -0.25) is 0 Å². The van der Waals surface area contributed by atoms with Crippen molar-refractivity contribution >= 4 is 73.3 Å². The standard InChI is InChI=1S/2C25H23OS.C2H6Si.2ClH.Zr/c2*1-3-17-13-20-5-4-6-23(24(20)15-17)19-9-7-18(8-10-19)14-21-11-12-22(26-2)16-25(21)27;1-3-2;;;/h2*4-13,15-16,27H,3,14H2,1-2H3;1-2H3;2*1H;/q2*-1;;;;+4/p-2. The molecule has 0 N–H and O–H groups in total. The number of hydrogen-bond donors (Lipinski definition) is 2. The molecule has 8 heteroatoms. The maximum atomic E-state index is 5.26. The third kappa shape index (κ3) is 12.8. The van der Waals surface area contributed by atoms with Gasteiger partial charge in [-0.25, -0.2) is 0 Å². The van der Waals surface area contributed by atoms with Crippen molar-refractivity contribution in [2.24, 2.45) is 0 Å². The number of halogens is 2. The molecule has 0 bridgehead atoms. The van der Waals surface area contributed by atoms with Crippen LogP contribution in [-0.4, -0.2) is 23.7 Å². The van der Waals surface area contributed by atoms with E-state index in [0.717, 1.165) is 56.5 Å². The van der Waals surface area contributed by atoms with Gasteiger partial charge in [-0.1, -0.05) is 111 Å². The van der Waals surface area contributed by atoms with Crippen LogP contribution in [-0.2, 0) is 46.5 Å². The molecule has 0 fully saturated rings. The Morgan fingerprint density at radius 3 is 1.23 bits per heavy atom. The summed E-state index contributed by atoms with van der Waals surface area (Å²) in [4.78, 5) is 1.93. The number of rotatable bonds is 10. The third-order valence-corrected chi connectivity index (χ3v) is 11.2. The molecule has 0 spiro atoms. The topological polar surface area (TPSA) is 18.5 Å². The molecular weight excluding hydrogens is 911 g/mol. The number of fused-ring (bicyclic) bond motifs is 2. The molecule has 2 nitrogen and oxygen atoms in total. The van der Waals surface area contributed by atoms with Gasteiger partial charge >= 0.3 is 37.9 Å². The number of benzene rings is 6. The van der Waals surface area contributed by atoms with Crippen molar-refractivity contribution in [3.05, 3.63) is 179 Å². The molecule has 8 aromatic carbocycles. The summed E-state index contributed by atoms with van der Waals surface area (Å²) in [6, 6.07) is 52.2. The Balaban J connectivity index is 0.000000201. The van der Waals surface area contributed by atoms with E-state index in [1.54, 1.807) is 14.2 Å². The molecular formula is C52H52Cl2O2S2SiZr. The monoisotopic (exact) mass is 960 g/mol. The van der Waals surface area contributed by atoms with Gasteiger partial charge in [-0.05, 0) is 83.3 Å². The molecule has 0 amide bonds. The zero-order chi connectivity index (χ0) is 43.0. The molecule has 0 heterocycles. The molecule has 0 aliphatic rings. The molecule has 0 saturated heterocycles. The van der Waals surface area contributed by atoms with Gasteiger partial charge in [0.1, 0.15) is 11.5 Å². The summed E-state index contributed by atoms with van der Waals surface area (Å²) in [7, 11) is 14.3. The van der Waals surface area contributed by atoms with Gasteiger partial charge in [-0.2, -0.15) is 12.1 Å². The Kier molecular flexibility index (Phi) is 19.2. The minimum atomic E-state index is -0.826. The predicted molar refractivity (Wildman–Crippen MR) is 264 cm³/mol. The first-order chi connectivity index (χ1) is 29.2. The molecule has 8 rings (SSSR count). The average Bonchev–Trinajstić information content (AvgIpc) is 3.91. The Morgan fingerprint density at radius 2 is 0.917 bits per heavy atom. The molecule has 0 aromatic heterocycles. The van der Waals surface area contributed by atoms with Gasteiger partial charge < -0.3 is 9.47 Å². The van der Waals surface area contributed by atoms with Crippen molar-refractivity contribution in [2.75, 3.05) is 14.2 Å². The summed E-state index contributed by atoms with van der Waals surface area (Å²) < 4.78 is 10.5. The van der Waals surface area contributed by atoms with E-state index in [4.69, 9.17) is 26.5 Å². The SMILES string of the molecule is CCc1cc2c(-c3ccc(Cc4ccc(OC)cc4S)cc3)cccc2[cH-]1.CCc1cc2c(-c3ccc(Cc4ccc(OC)cc4S)cc3)cccc2[cH-]1.C[Si]C.[Cl][Zr+2][Cl]. The summed E-state index contributed by atoms with van der Waals surface area (Å²) in [5.74, 6) is 1.68. The first-order valence-corrected chi connectivity index (χ1v) is 29.2. The van der Waals surface area contributed by atoms with Crippen molar-refractivity contribution in [3.63, 3.8) is 0 Å². The third-order valence-electron chi connectivity index (χ3n) is 10.3. The molecule has 8 aromatic rings. The van der Waals surface area contributed by atoms with E-state index >= 15 is 0 Å². The first-order valence-electron chi connectivity index (χ1n) is 20.0. The van der Waals surface area contributed by atoms with E-state index < -0.39 is 20.8 Å². The molecule has 2 radical (unpaired) electrons. The van der Waals surface area contributed by atoms with Crippen LogP contribution in [0.1, 0.15) is 47.2 Å². The maximum absolute atomic E-state index is 5.26. The Morgan fingerprint density at radius 1 is 0.550 bits per heavy atom. The molecule has 306 valence electrons. The van der Waals surface area contributed by atoms with Crippen molar-refractivity contribution in [2.45, 2.75) is 62.4 Å². The number of hydrogen-bond acceptors (Lipinski definition) is 4. The molecule has 0 atom stereocenters. The van der Waals surface area contributed by atoms with Gasteiger partial charge in [0.15, 0.2) is 0 Å². The summed E-state index contributed by atoms with van der Waals surface area (Å²) >= 11 is 8.38. The Hall–Kier alpha value is -3.48. The van der Waals surface area contributed by atoms with Gasteiger partial charge in [0.25, 0.3) is 0 Å². The van der Waals surface area contributed by atoms with Crippen molar-refractivity contribution in [3.8, 4) is 33.8 Å². The number of aryl methyl sites for hydroxylation is 2. The van der Waals surface area contributed by atoms with E-state index in [9.17, 15) is 0 Å². The summed E-state index contributed by atoms with van der Waals surface area (Å²) in [6.07, 6.45) is 3.87. The van der Waals surface area contributed by atoms with Gasteiger partial charge in [0.05, 0.1) is 14.2 Å². The van der Waals surface area contributed by atoms with Gasteiger partial charge in [0.2, 0.25) is 0 Å². The van der Waals surface area contributed by atoms with Crippen molar-refractivity contribution in [1.29, 1.82) is 0 Å². The zero-order valence-electron chi connectivity index (χ0n) is 35.2. The van der Waals surface area contributed by atoms with Crippen LogP contribution in [0.2, 0.25) is 13.1 Å². The van der Waals surface area contributed by atoms with Crippen LogP contribution in [0.5, 0.6) is 11.5 Å². The summed E-state index contributed by atoms with van der Waals surface area (Å²) in [5, 5.41) is 5.34. The van der Waals surface area contributed by atoms with Crippen LogP contribution in [0.15, 0.2) is 155 Å². The predicted octanol–water partition coefficient (Wildman–Crippen LogP) is 15.5.